The number of methoxy groups -OCH3 is 1. The van der Waals surface area contributed by atoms with Crippen molar-refractivity contribution in [3.63, 3.8) is 0 Å². The van der Waals surface area contributed by atoms with Crippen LogP contribution in [0.2, 0.25) is 5.15 Å². The van der Waals surface area contributed by atoms with E-state index in [0.717, 1.165) is 6.07 Å². The molecule has 2 rings (SSSR count). The molecule has 2 heterocycles. The number of nitrogens with zero attached hydrogens (tertiary/aromatic N) is 2. The summed E-state index contributed by atoms with van der Waals surface area (Å²) in [5.74, 6) is 0.312. The Balaban J connectivity index is 2.43. The van der Waals surface area contributed by atoms with Gasteiger partial charge in [0, 0.05) is 6.07 Å². The molecule has 0 aliphatic carbocycles. The van der Waals surface area contributed by atoms with Crippen LogP contribution in [0.25, 0.3) is 10.7 Å². The van der Waals surface area contributed by atoms with Crippen molar-refractivity contribution in [1.29, 1.82) is 0 Å². The molecule has 0 amide bonds. The number of halogens is 4. The van der Waals surface area contributed by atoms with E-state index in [0.29, 0.717) is 11.3 Å². The first-order chi connectivity index (χ1) is 8.40. The molecule has 0 unspecified atom stereocenters. The Hall–Kier alpha value is -1.34. The molecule has 0 bridgehead atoms. The third kappa shape index (κ3) is 2.73. The Bertz CT molecular complexity index is 570. The highest BCUT2D eigenvalue weighted by Crippen LogP contribution is 2.37. The number of ether oxygens (including phenoxy) is 1. The standard InChI is InChI=1S/C10H6ClF3N2OS/c1-17-8-4-7(11)15-9(16-8)5-2-3-6(18-5)10(12,13)14/h2-4H,1H3. The molecule has 0 aliphatic rings. The van der Waals surface area contributed by atoms with E-state index in [9.17, 15) is 13.2 Å². The lowest BCUT2D eigenvalue weighted by molar-refractivity contribution is -0.134. The zero-order valence-corrected chi connectivity index (χ0v) is 10.5. The van der Waals surface area contributed by atoms with Gasteiger partial charge in [-0.1, -0.05) is 11.6 Å². The van der Waals surface area contributed by atoms with Crippen LogP contribution in [0.1, 0.15) is 4.88 Å². The maximum atomic E-state index is 12.5. The number of hydrogen-bond acceptors (Lipinski definition) is 4. The molecule has 2 aromatic heterocycles. The minimum atomic E-state index is -4.37. The molecule has 0 radical (unpaired) electrons. The second-order valence-corrected chi connectivity index (χ2v) is 4.69. The first-order valence-electron chi connectivity index (χ1n) is 4.66. The summed E-state index contributed by atoms with van der Waals surface area (Å²) in [5.41, 5.74) is 0. The van der Waals surface area contributed by atoms with Crippen molar-refractivity contribution in [2.24, 2.45) is 0 Å². The van der Waals surface area contributed by atoms with E-state index in [1.54, 1.807) is 0 Å². The van der Waals surface area contributed by atoms with Crippen LogP contribution in [0.15, 0.2) is 18.2 Å². The molecule has 3 nitrogen and oxygen atoms in total. The molecule has 0 aromatic carbocycles. The second kappa shape index (κ2) is 4.74. The molecule has 2 aromatic rings. The van der Waals surface area contributed by atoms with Gasteiger partial charge >= 0.3 is 6.18 Å². The fourth-order valence-corrected chi connectivity index (χ4v) is 2.20. The smallest absolute Gasteiger partial charge is 0.425 e. The van der Waals surface area contributed by atoms with Crippen molar-refractivity contribution in [2.45, 2.75) is 6.18 Å². The summed E-state index contributed by atoms with van der Waals surface area (Å²) >= 11 is 6.28. The van der Waals surface area contributed by atoms with Gasteiger partial charge < -0.3 is 4.74 Å². The fraction of sp³-hybridized carbons (Fsp3) is 0.200. The van der Waals surface area contributed by atoms with Gasteiger partial charge in [0.1, 0.15) is 10.0 Å². The van der Waals surface area contributed by atoms with Gasteiger partial charge in [-0.05, 0) is 12.1 Å². The van der Waals surface area contributed by atoms with Gasteiger partial charge in [0.15, 0.2) is 5.82 Å². The summed E-state index contributed by atoms with van der Waals surface area (Å²) in [7, 11) is 1.39. The Morgan fingerprint density at radius 2 is 2.00 bits per heavy atom. The first kappa shape index (κ1) is 13.1. The predicted molar refractivity (Wildman–Crippen MR) is 61.9 cm³/mol. The number of thiophene rings is 1. The van der Waals surface area contributed by atoms with Crippen LogP contribution in [0.5, 0.6) is 5.88 Å². The molecule has 18 heavy (non-hydrogen) atoms. The minimum Gasteiger partial charge on any atom is -0.481 e. The Labute approximate surface area is 109 Å². The maximum Gasteiger partial charge on any atom is 0.425 e. The molecule has 0 saturated carbocycles. The van der Waals surface area contributed by atoms with E-state index in [1.807, 2.05) is 0 Å². The summed E-state index contributed by atoms with van der Waals surface area (Å²) in [5, 5.41) is 0.110. The molecule has 0 saturated heterocycles. The second-order valence-electron chi connectivity index (χ2n) is 3.22. The van der Waals surface area contributed by atoms with Crippen molar-refractivity contribution in [3.8, 4) is 16.6 Å². The van der Waals surface area contributed by atoms with E-state index >= 15 is 0 Å². The van der Waals surface area contributed by atoms with Crippen molar-refractivity contribution in [1.82, 2.24) is 9.97 Å². The van der Waals surface area contributed by atoms with Crippen molar-refractivity contribution < 1.29 is 17.9 Å². The van der Waals surface area contributed by atoms with Gasteiger partial charge in [-0.2, -0.15) is 18.2 Å². The van der Waals surface area contributed by atoms with E-state index < -0.39 is 11.1 Å². The molecule has 0 aliphatic heterocycles. The zero-order valence-electron chi connectivity index (χ0n) is 8.95. The Kier molecular flexibility index (Phi) is 3.45. The lowest BCUT2D eigenvalue weighted by atomic mass is 10.4. The minimum absolute atomic E-state index is 0.110. The molecule has 0 fully saturated rings. The molecule has 0 atom stereocenters. The fourth-order valence-electron chi connectivity index (χ4n) is 1.22. The highest BCUT2D eigenvalue weighted by Gasteiger charge is 2.32. The van der Waals surface area contributed by atoms with Crippen LogP contribution in [0.3, 0.4) is 0 Å². The molecule has 0 N–H and O–H groups in total. The molecular formula is C10H6ClF3N2OS. The van der Waals surface area contributed by atoms with Gasteiger partial charge in [-0.3, -0.25) is 0 Å². The van der Waals surface area contributed by atoms with E-state index in [4.69, 9.17) is 16.3 Å². The topological polar surface area (TPSA) is 35.0 Å². The predicted octanol–water partition coefficient (Wildman–Crippen LogP) is 3.89. The summed E-state index contributed by atoms with van der Waals surface area (Å²) in [6.07, 6.45) is -4.37. The maximum absolute atomic E-state index is 12.5. The van der Waals surface area contributed by atoms with E-state index in [1.165, 1.54) is 19.2 Å². The van der Waals surface area contributed by atoms with E-state index in [2.05, 4.69) is 9.97 Å². The monoisotopic (exact) mass is 294 g/mol. The van der Waals surface area contributed by atoms with Crippen molar-refractivity contribution in [2.75, 3.05) is 7.11 Å². The van der Waals surface area contributed by atoms with Gasteiger partial charge in [0.05, 0.1) is 12.0 Å². The highest BCUT2D eigenvalue weighted by molar-refractivity contribution is 7.15. The lowest BCUT2D eigenvalue weighted by Gasteiger charge is -2.02. The van der Waals surface area contributed by atoms with Gasteiger partial charge in [-0.15, -0.1) is 11.3 Å². The number of hydrogen-bond donors (Lipinski definition) is 0. The van der Waals surface area contributed by atoms with Crippen LogP contribution in [0, 0.1) is 0 Å². The van der Waals surface area contributed by atoms with Crippen LogP contribution in [-0.2, 0) is 6.18 Å². The van der Waals surface area contributed by atoms with Crippen molar-refractivity contribution in [3.05, 3.63) is 28.2 Å². The van der Waals surface area contributed by atoms with Gasteiger partial charge in [-0.25, -0.2) is 4.98 Å². The number of alkyl halides is 3. The van der Waals surface area contributed by atoms with Gasteiger partial charge in [0.2, 0.25) is 5.88 Å². The SMILES string of the molecule is COc1cc(Cl)nc(-c2ccc(C(F)(F)F)s2)n1. The average molecular weight is 295 g/mol. The number of rotatable bonds is 2. The van der Waals surface area contributed by atoms with Crippen LogP contribution in [-0.4, -0.2) is 17.1 Å². The zero-order chi connectivity index (χ0) is 13.3. The lowest BCUT2D eigenvalue weighted by Crippen LogP contribution is -2.00. The Morgan fingerprint density at radius 3 is 2.56 bits per heavy atom. The molecule has 8 heteroatoms. The first-order valence-corrected chi connectivity index (χ1v) is 5.85. The summed E-state index contributed by atoms with van der Waals surface area (Å²) < 4.78 is 42.3. The van der Waals surface area contributed by atoms with Crippen LogP contribution in [0.4, 0.5) is 13.2 Å². The van der Waals surface area contributed by atoms with Crippen LogP contribution >= 0.6 is 22.9 Å². The summed E-state index contributed by atoms with van der Waals surface area (Å²) in [6, 6.07) is 3.67. The quantitative estimate of drug-likeness (QED) is 0.788. The third-order valence-corrected chi connectivity index (χ3v) is 3.31. The third-order valence-electron chi connectivity index (χ3n) is 1.99. The molecule has 0 spiro atoms. The average Bonchev–Trinajstić information content (AvgIpc) is 2.77. The summed E-state index contributed by atoms with van der Waals surface area (Å²) in [6.45, 7) is 0. The largest absolute Gasteiger partial charge is 0.481 e. The van der Waals surface area contributed by atoms with Gasteiger partial charge in [0.25, 0.3) is 0 Å². The highest BCUT2D eigenvalue weighted by atomic mass is 35.5. The van der Waals surface area contributed by atoms with E-state index in [-0.39, 0.29) is 21.7 Å². The molecule has 96 valence electrons. The van der Waals surface area contributed by atoms with Crippen molar-refractivity contribution >= 4 is 22.9 Å². The normalized spacial score (nSPS) is 11.6. The summed E-state index contributed by atoms with van der Waals surface area (Å²) in [4.78, 5) is 7.38. The Morgan fingerprint density at radius 1 is 1.28 bits per heavy atom. The van der Waals surface area contributed by atoms with Crippen LogP contribution < -0.4 is 4.74 Å². The molecular weight excluding hydrogens is 289 g/mol. The number of aromatic nitrogens is 2.